The SMILES string of the molecule is Cc1cc(C(=O)N(C)c2cccc(/C(N)=N/O)c2)ccn1. The number of nitrogens with two attached hydrogens (primary N) is 1. The summed E-state index contributed by atoms with van der Waals surface area (Å²) < 4.78 is 0. The van der Waals surface area contributed by atoms with Gasteiger partial charge in [0.25, 0.3) is 5.91 Å². The Kier molecular flexibility index (Phi) is 4.18. The lowest BCUT2D eigenvalue weighted by molar-refractivity contribution is 0.0993. The first-order chi connectivity index (χ1) is 10.0. The largest absolute Gasteiger partial charge is 0.409 e. The normalized spacial score (nSPS) is 11.2. The van der Waals surface area contributed by atoms with Gasteiger partial charge in [0.15, 0.2) is 5.84 Å². The number of benzene rings is 1. The van der Waals surface area contributed by atoms with Gasteiger partial charge in [0.1, 0.15) is 0 Å². The first-order valence-corrected chi connectivity index (χ1v) is 6.31. The van der Waals surface area contributed by atoms with Gasteiger partial charge in [-0.15, -0.1) is 0 Å². The van der Waals surface area contributed by atoms with Crippen molar-refractivity contribution in [2.45, 2.75) is 6.92 Å². The number of hydrogen-bond acceptors (Lipinski definition) is 4. The monoisotopic (exact) mass is 284 g/mol. The molecule has 21 heavy (non-hydrogen) atoms. The van der Waals surface area contributed by atoms with Crippen LogP contribution in [0, 0.1) is 6.92 Å². The fraction of sp³-hybridized carbons (Fsp3) is 0.133. The van der Waals surface area contributed by atoms with Crippen molar-refractivity contribution in [3.05, 3.63) is 59.4 Å². The third kappa shape index (κ3) is 3.17. The van der Waals surface area contributed by atoms with E-state index in [1.54, 1.807) is 49.6 Å². The van der Waals surface area contributed by atoms with Gasteiger partial charge in [0, 0.05) is 35.8 Å². The molecule has 0 aliphatic rings. The second-order valence-electron chi connectivity index (χ2n) is 4.59. The number of carbonyl (C=O) groups excluding carboxylic acids is 1. The molecule has 0 radical (unpaired) electrons. The molecule has 0 fully saturated rings. The Labute approximate surface area is 122 Å². The van der Waals surface area contributed by atoms with Crippen molar-refractivity contribution in [3.63, 3.8) is 0 Å². The lowest BCUT2D eigenvalue weighted by atomic mass is 10.1. The quantitative estimate of drug-likeness (QED) is 0.389. The van der Waals surface area contributed by atoms with Crippen LogP contribution < -0.4 is 10.6 Å². The second kappa shape index (κ2) is 6.04. The first-order valence-electron chi connectivity index (χ1n) is 6.31. The van der Waals surface area contributed by atoms with Crippen LogP contribution in [-0.2, 0) is 0 Å². The lowest BCUT2D eigenvalue weighted by Crippen LogP contribution is -2.26. The number of oxime groups is 1. The van der Waals surface area contributed by atoms with E-state index in [1.807, 2.05) is 6.92 Å². The van der Waals surface area contributed by atoms with Crippen LogP contribution in [0.1, 0.15) is 21.6 Å². The molecule has 108 valence electrons. The molecule has 0 aliphatic heterocycles. The minimum atomic E-state index is -0.155. The van der Waals surface area contributed by atoms with Gasteiger partial charge in [-0.2, -0.15) is 0 Å². The second-order valence-corrected chi connectivity index (χ2v) is 4.59. The van der Waals surface area contributed by atoms with Gasteiger partial charge in [-0.3, -0.25) is 9.78 Å². The molecule has 0 unspecified atom stereocenters. The molecule has 3 N–H and O–H groups in total. The van der Waals surface area contributed by atoms with E-state index < -0.39 is 0 Å². The highest BCUT2D eigenvalue weighted by Gasteiger charge is 2.14. The summed E-state index contributed by atoms with van der Waals surface area (Å²) in [6, 6.07) is 10.3. The van der Waals surface area contributed by atoms with Crippen molar-refractivity contribution in [1.82, 2.24) is 4.98 Å². The van der Waals surface area contributed by atoms with Gasteiger partial charge in [-0.05, 0) is 31.2 Å². The van der Waals surface area contributed by atoms with Crippen molar-refractivity contribution in [3.8, 4) is 0 Å². The van der Waals surface area contributed by atoms with Gasteiger partial charge >= 0.3 is 0 Å². The number of amides is 1. The molecule has 1 aromatic carbocycles. The highest BCUT2D eigenvalue weighted by molar-refractivity contribution is 6.06. The van der Waals surface area contributed by atoms with E-state index in [-0.39, 0.29) is 11.7 Å². The van der Waals surface area contributed by atoms with Crippen molar-refractivity contribution in [2.75, 3.05) is 11.9 Å². The Morgan fingerprint density at radius 2 is 2.05 bits per heavy atom. The number of carbonyl (C=O) groups is 1. The number of aromatic nitrogens is 1. The maximum atomic E-state index is 12.4. The molecule has 0 spiro atoms. The zero-order valence-electron chi connectivity index (χ0n) is 11.8. The molecule has 6 nitrogen and oxygen atoms in total. The molecule has 0 aliphatic carbocycles. The first kappa shape index (κ1) is 14.5. The molecular formula is C15H16N4O2. The summed E-state index contributed by atoms with van der Waals surface area (Å²) in [4.78, 5) is 18.0. The average molecular weight is 284 g/mol. The maximum Gasteiger partial charge on any atom is 0.258 e. The Bertz CT molecular complexity index is 698. The molecular weight excluding hydrogens is 268 g/mol. The molecule has 0 saturated heterocycles. The highest BCUT2D eigenvalue weighted by atomic mass is 16.4. The number of hydrogen-bond donors (Lipinski definition) is 2. The zero-order chi connectivity index (χ0) is 15.4. The molecule has 2 aromatic rings. The summed E-state index contributed by atoms with van der Waals surface area (Å²) in [6.45, 7) is 1.83. The topological polar surface area (TPSA) is 91.8 Å². The van der Waals surface area contributed by atoms with Crippen LogP contribution in [0.25, 0.3) is 0 Å². The summed E-state index contributed by atoms with van der Waals surface area (Å²) in [7, 11) is 1.67. The Morgan fingerprint density at radius 3 is 2.71 bits per heavy atom. The molecule has 6 heteroatoms. The van der Waals surface area contributed by atoms with E-state index in [2.05, 4.69) is 10.1 Å². The van der Waals surface area contributed by atoms with Crippen LogP contribution in [0.3, 0.4) is 0 Å². The van der Waals surface area contributed by atoms with Gasteiger partial charge in [-0.1, -0.05) is 17.3 Å². The van der Waals surface area contributed by atoms with E-state index in [0.29, 0.717) is 16.8 Å². The van der Waals surface area contributed by atoms with Crippen molar-refractivity contribution in [1.29, 1.82) is 0 Å². The molecule has 0 atom stereocenters. The van der Waals surface area contributed by atoms with Crippen molar-refractivity contribution in [2.24, 2.45) is 10.9 Å². The summed E-state index contributed by atoms with van der Waals surface area (Å²) in [6.07, 6.45) is 1.60. The van der Waals surface area contributed by atoms with Crippen LogP contribution in [0.15, 0.2) is 47.8 Å². The Morgan fingerprint density at radius 1 is 1.29 bits per heavy atom. The third-order valence-electron chi connectivity index (χ3n) is 3.09. The maximum absolute atomic E-state index is 12.4. The fourth-order valence-corrected chi connectivity index (χ4v) is 1.92. The van der Waals surface area contributed by atoms with Gasteiger partial charge in [0.2, 0.25) is 0 Å². The summed E-state index contributed by atoms with van der Waals surface area (Å²) >= 11 is 0. The molecule has 1 aromatic heterocycles. The van der Waals surface area contributed by atoms with E-state index in [0.717, 1.165) is 5.69 Å². The van der Waals surface area contributed by atoms with Crippen LogP contribution >= 0.6 is 0 Å². The Balaban J connectivity index is 2.31. The number of anilines is 1. The number of amidine groups is 1. The lowest BCUT2D eigenvalue weighted by Gasteiger charge is -2.18. The predicted octanol–water partition coefficient (Wildman–Crippen LogP) is 1.76. The Hall–Kier alpha value is -2.89. The summed E-state index contributed by atoms with van der Waals surface area (Å²) in [5.74, 6) is -0.158. The van der Waals surface area contributed by atoms with Crippen LogP contribution in [-0.4, -0.2) is 29.0 Å². The van der Waals surface area contributed by atoms with Gasteiger partial charge in [-0.25, -0.2) is 0 Å². The standard InChI is InChI=1S/C15H16N4O2/c1-10-8-12(6-7-17-10)15(20)19(2)13-5-3-4-11(9-13)14(16)18-21/h3-9,21H,1-2H3,(H2,16,18). The number of aryl methyl sites for hydroxylation is 1. The van der Waals surface area contributed by atoms with Crippen molar-refractivity contribution >= 4 is 17.4 Å². The summed E-state index contributed by atoms with van der Waals surface area (Å²) in [5, 5.41) is 11.7. The van der Waals surface area contributed by atoms with Gasteiger partial charge in [0.05, 0.1) is 0 Å². The van der Waals surface area contributed by atoms with Crippen LogP contribution in [0.4, 0.5) is 5.69 Å². The number of rotatable bonds is 3. The number of nitrogens with zero attached hydrogens (tertiary/aromatic N) is 3. The summed E-state index contributed by atoms with van der Waals surface area (Å²) in [5.41, 5.74) is 8.08. The molecule has 0 saturated carbocycles. The van der Waals surface area contributed by atoms with E-state index >= 15 is 0 Å². The molecule has 1 amide bonds. The van der Waals surface area contributed by atoms with Crippen molar-refractivity contribution < 1.29 is 10.0 Å². The molecule has 2 rings (SSSR count). The smallest absolute Gasteiger partial charge is 0.258 e. The minimum Gasteiger partial charge on any atom is -0.409 e. The molecule has 1 heterocycles. The fourth-order valence-electron chi connectivity index (χ4n) is 1.92. The predicted molar refractivity (Wildman–Crippen MR) is 80.7 cm³/mol. The molecule has 0 bridgehead atoms. The van der Waals surface area contributed by atoms with Gasteiger partial charge < -0.3 is 15.8 Å². The zero-order valence-corrected chi connectivity index (χ0v) is 11.8. The minimum absolute atomic E-state index is 0.00236. The van der Waals surface area contributed by atoms with E-state index in [9.17, 15) is 4.79 Å². The third-order valence-corrected chi connectivity index (χ3v) is 3.09. The highest BCUT2D eigenvalue weighted by Crippen LogP contribution is 2.17. The average Bonchev–Trinajstić information content (AvgIpc) is 2.52. The number of pyridine rings is 1. The van der Waals surface area contributed by atoms with Crippen LogP contribution in [0.5, 0.6) is 0 Å². The van der Waals surface area contributed by atoms with Crippen LogP contribution in [0.2, 0.25) is 0 Å². The van der Waals surface area contributed by atoms with E-state index in [4.69, 9.17) is 10.9 Å². The van der Waals surface area contributed by atoms with E-state index in [1.165, 1.54) is 4.90 Å².